The topological polar surface area (TPSA) is 84.9 Å². The lowest BCUT2D eigenvalue weighted by Crippen LogP contribution is -2.52. The van der Waals surface area contributed by atoms with E-state index in [9.17, 15) is 14.4 Å². The lowest BCUT2D eigenvalue weighted by Gasteiger charge is -2.29. The van der Waals surface area contributed by atoms with Crippen LogP contribution in [0.5, 0.6) is 5.75 Å². The number of Topliss-reactive ketones (excluding diaryl/α,β-unsaturated/α-hetero) is 1. The molecule has 1 aliphatic heterocycles. The first-order valence-electron chi connectivity index (χ1n) is 10.8. The number of alkyl carbamates (subject to hydrolysis) is 1. The van der Waals surface area contributed by atoms with Gasteiger partial charge < -0.3 is 19.7 Å². The van der Waals surface area contributed by atoms with Gasteiger partial charge in [0.25, 0.3) is 0 Å². The number of hydrogen-bond donors (Lipinski definition) is 1. The molecule has 2 atom stereocenters. The van der Waals surface area contributed by atoms with Gasteiger partial charge in [0.05, 0.1) is 7.11 Å². The van der Waals surface area contributed by atoms with Crippen LogP contribution in [-0.4, -0.2) is 53.4 Å². The van der Waals surface area contributed by atoms with Crippen molar-refractivity contribution in [2.24, 2.45) is 0 Å². The lowest BCUT2D eigenvalue weighted by molar-refractivity contribution is -0.134. The third-order valence-corrected chi connectivity index (χ3v) is 6.30. The van der Waals surface area contributed by atoms with Gasteiger partial charge in [-0.1, -0.05) is 42.1 Å². The smallest absolute Gasteiger partial charge is 0.408 e. The van der Waals surface area contributed by atoms with Gasteiger partial charge in [0.1, 0.15) is 22.8 Å². The molecule has 1 fully saturated rings. The predicted octanol–water partition coefficient (Wildman–Crippen LogP) is 4.05. The van der Waals surface area contributed by atoms with Crippen molar-refractivity contribution in [1.29, 1.82) is 0 Å². The highest BCUT2D eigenvalue weighted by atomic mass is 32.2. The van der Waals surface area contributed by atoms with Crippen molar-refractivity contribution < 1.29 is 23.9 Å². The van der Waals surface area contributed by atoms with E-state index in [4.69, 9.17) is 9.47 Å². The molecule has 176 valence electrons. The second kappa shape index (κ2) is 10.7. The van der Waals surface area contributed by atoms with Crippen LogP contribution in [0.3, 0.4) is 0 Å². The van der Waals surface area contributed by atoms with Crippen LogP contribution in [0.2, 0.25) is 0 Å². The Labute approximate surface area is 198 Å². The zero-order chi connectivity index (χ0) is 24.0. The van der Waals surface area contributed by atoms with E-state index in [0.29, 0.717) is 12.3 Å². The van der Waals surface area contributed by atoms with Gasteiger partial charge in [-0.3, -0.25) is 9.59 Å². The molecule has 1 N–H and O–H groups in total. The Morgan fingerprint density at radius 1 is 1.12 bits per heavy atom. The Morgan fingerprint density at radius 3 is 2.39 bits per heavy atom. The summed E-state index contributed by atoms with van der Waals surface area (Å²) >= 11 is 1.35. The standard InChI is InChI=1S/C25H30N2O5S/c1-25(2,3)32-24(30)26-20(16-17-10-12-18(31-4)13-11-17)22(29)27-15-14-21(28)23(27)33-19-8-6-5-7-9-19/h5-13,20,23H,14-16H2,1-4H3,(H,26,30)/t20?,23-/m0/s1. The molecule has 0 spiro atoms. The molecule has 1 heterocycles. The van der Waals surface area contributed by atoms with Gasteiger partial charge >= 0.3 is 6.09 Å². The van der Waals surface area contributed by atoms with Gasteiger partial charge in [0.15, 0.2) is 5.78 Å². The van der Waals surface area contributed by atoms with Crippen LogP contribution in [-0.2, 0) is 20.7 Å². The van der Waals surface area contributed by atoms with Crippen LogP contribution < -0.4 is 10.1 Å². The minimum Gasteiger partial charge on any atom is -0.497 e. The van der Waals surface area contributed by atoms with Crippen LogP contribution in [0, 0.1) is 0 Å². The summed E-state index contributed by atoms with van der Waals surface area (Å²) in [6.07, 6.45) is -0.125. The van der Waals surface area contributed by atoms with E-state index in [0.717, 1.165) is 10.5 Å². The van der Waals surface area contributed by atoms with E-state index >= 15 is 0 Å². The van der Waals surface area contributed by atoms with Gasteiger partial charge in [-0.2, -0.15) is 0 Å². The average molecular weight is 471 g/mol. The number of rotatable bonds is 7. The van der Waals surface area contributed by atoms with Crippen LogP contribution in [0.1, 0.15) is 32.8 Å². The van der Waals surface area contributed by atoms with Crippen molar-refractivity contribution in [1.82, 2.24) is 10.2 Å². The summed E-state index contributed by atoms with van der Waals surface area (Å²) in [5.74, 6) is 0.389. The van der Waals surface area contributed by atoms with Crippen molar-refractivity contribution in [3.63, 3.8) is 0 Å². The van der Waals surface area contributed by atoms with Gasteiger partial charge in [-0.15, -0.1) is 0 Å². The molecule has 3 rings (SSSR count). The van der Waals surface area contributed by atoms with E-state index in [-0.39, 0.29) is 24.5 Å². The van der Waals surface area contributed by atoms with E-state index in [1.165, 1.54) is 11.8 Å². The number of carbonyl (C=O) groups excluding carboxylic acids is 3. The monoisotopic (exact) mass is 470 g/mol. The summed E-state index contributed by atoms with van der Waals surface area (Å²) in [4.78, 5) is 41.2. The molecule has 1 unspecified atom stereocenters. The fourth-order valence-electron chi connectivity index (χ4n) is 3.48. The quantitative estimate of drug-likeness (QED) is 0.657. The minimum atomic E-state index is -0.877. The fourth-order valence-corrected chi connectivity index (χ4v) is 4.63. The molecule has 0 aliphatic carbocycles. The molecule has 1 saturated heterocycles. The Balaban J connectivity index is 1.81. The summed E-state index contributed by atoms with van der Waals surface area (Å²) < 4.78 is 10.6. The van der Waals surface area contributed by atoms with Gasteiger partial charge in [0.2, 0.25) is 5.91 Å². The van der Waals surface area contributed by atoms with Crippen molar-refractivity contribution in [2.75, 3.05) is 13.7 Å². The van der Waals surface area contributed by atoms with E-state index in [1.54, 1.807) is 44.9 Å². The fraction of sp³-hybridized carbons (Fsp3) is 0.400. The molecular weight excluding hydrogens is 440 g/mol. The minimum absolute atomic E-state index is 0.00216. The Bertz CT molecular complexity index is 973. The molecule has 0 bridgehead atoms. The highest BCUT2D eigenvalue weighted by Crippen LogP contribution is 2.31. The van der Waals surface area contributed by atoms with Crippen molar-refractivity contribution in [3.05, 3.63) is 60.2 Å². The Hall–Kier alpha value is -3.00. The number of carbonyl (C=O) groups is 3. The number of nitrogens with one attached hydrogen (secondary N) is 1. The highest BCUT2D eigenvalue weighted by Gasteiger charge is 2.40. The molecule has 2 aromatic rings. The van der Waals surface area contributed by atoms with E-state index < -0.39 is 23.1 Å². The number of amides is 2. The maximum Gasteiger partial charge on any atom is 0.408 e. The number of ketones is 1. The third kappa shape index (κ3) is 6.99. The van der Waals surface area contributed by atoms with Gasteiger partial charge in [-0.05, 0) is 50.6 Å². The number of nitrogens with zero attached hydrogens (tertiary/aromatic N) is 1. The lowest BCUT2D eigenvalue weighted by atomic mass is 10.0. The van der Waals surface area contributed by atoms with Crippen molar-refractivity contribution >= 4 is 29.5 Å². The Kier molecular flexibility index (Phi) is 8.02. The SMILES string of the molecule is COc1ccc(CC(NC(=O)OC(C)(C)C)C(=O)N2CCC(=O)[C@@H]2Sc2ccccc2)cc1. The van der Waals surface area contributed by atoms with E-state index in [1.807, 2.05) is 42.5 Å². The van der Waals surface area contributed by atoms with Crippen LogP contribution in [0.15, 0.2) is 59.5 Å². The average Bonchev–Trinajstić information content (AvgIpc) is 3.13. The molecule has 2 aromatic carbocycles. The number of benzene rings is 2. The van der Waals surface area contributed by atoms with Crippen LogP contribution >= 0.6 is 11.8 Å². The van der Waals surface area contributed by atoms with Crippen molar-refractivity contribution in [2.45, 2.75) is 55.5 Å². The first-order valence-corrected chi connectivity index (χ1v) is 11.7. The number of ether oxygens (including phenoxy) is 2. The molecule has 0 radical (unpaired) electrons. The summed E-state index contributed by atoms with van der Waals surface area (Å²) in [7, 11) is 1.58. The molecule has 1 aliphatic rings. The maximum atomic E-state index is 13.6. The number of likely N-dealkylation sites (tertiary alicyclic amines) is 1. The maximum absolute atomic E-state index is 13.6. The zero-order valence-electron chi connectivity index (χ0n) is 19.4. The van der Waals surface area contributed by atoms with Gasteiger partial charge in [0, 0.05) is 24.3 Å². The van der Waals surface area contributed by atoms with Crippen LogP contribution in [0.25, 0.3) is 0 Å². The molecule has 8 heteroatoms. The first kappa shape index (κ1) is 24.6. The number of methoxy groups -OCH3 is 1. The van der Waals surface area contributed by atoms with Crippen LogP contribution in [0.4, 0.5) is 4.79 Å². The molecular formula is C25H30N2O5S. The largest absolute Gasteiger partial charge is 0.497 e. The Morgan fingerprint density at radius 2 is 1.79 bits per heavy atom. The molecule has 33 heavy (non-hydrogen) atoms. The highest BCUT2D eigenvalue weighted by molar-refractivity contribution is 8.00. The zero-order valence-corrected chi connectivity index (χ0v) is 20.2. The summed E-state index contributed by atoms with van der Waals surface area (Å²) in [5, 5.41) is 2.10. The molecule has 2 amide bonds. The van der Waals surface area contributed by atoms with Crippen molar-refractivity contribution in [3.8, 4) is 5.75 Å². The second-order valence-electron chi connectivity index (χ2n) is 8.78. The second-order valence-corrected chi connectivity index (χ2v) is 9.94. The summed E-state index contributed by atoms with van der Waals surface area (Å²) in [6.45, 7) is 5.60. The summed E-state index contributed by atoms with van der Waals surface area (Å²) in [5.41, 5.74) is 0.149. The predicted molar refractivity (Wildman–Crippen MR) is 127 cm³/mol. The van der Waals surface area contributed by atoms with E-state index in [2.05, 4.69) is 5.32 Å². The third-order valence-electron chi connectivity index (χ3n) is 5.02. The number of hydrogen-bond acceptors (Lipinski definition) is 6. The molecule has 0 saturated carbocycles. The normalized spacial score (nSPS) is 16.9. The summed E-state index contributed by atoms with van der Waals surface area (Å²) in [6, 6.07) is 15.9. The molecule has 7 nitrogen and oxygen atoms in total. The van der Waals surface area contributed by atoms with Gasteiger partial charge in [-0.25, -0.2) is 4.79 Å². The molecule has 0 aromatic heterocycles. The first-order chi connectivity index (χ1) is 15.7. The number of thioether (sulfide) groups is 1.